The number of sulfonamides is 1. The van der Waals surface area contributed by atoms with Gasteiger partial charge in [-0.05, 0) is 35.0 Å². The first-order valence-electron chi connectivity index (χ1n) is 11.1. The predicted molar refractivity (Wildman–Crippen MR) is 129 cm³/mol. The minimum Gasteiger partial charge on any atom is -0.493 e. The number of methoxy groups -OCH3 is 1. The zero-order valence-corrected chi connectivity index (χ0v) is 20.1. The van der Waals surface area contributed by atoms with Crippen molar-refractivity contribution in [3.8, 4) is 11.5 Å². The molecule has 3 aromatic carbocycles. The van der Waals surface area contributed by atoms with Gasteiger partial charge in [-0.25, -0.2) is 13.2 Å². The van der Waals surface area contributed by atoms with Gasteiger partial charge in [0, 0.05) is 26.2 Å². The van der Waals surface area contributed by atoms with Gasteiger partial charge in [-0.1, -0.05) is 42.5 Å². The fourth-order valence-electron chi connectivity index (χ4n) is 3.80. The molecule has 3 aromatic rings. The summed E-state index contributed by atoms with van der Waals surface area (Å²) in [6, 6.07) is 19.5. The van der Waals surface area contributed by atoms with E-state index in [1.54, 1.807) is 42.5 Å². The van der Waals surface area contributed by atoms with Gasteiger partial charge < -0.3 is 19.1 Å². The molecular weight excluding hydrogens is 472 g/mol. The number of hydrogen-bond donors (Lipinski definition) is 0. The minimum absolute atomic E-state index is 0.158. The summed E-state index contributed by atoms with van der Waals surface area (Å²) < 4.78 is 43.1. The number of fused-ring (bicyclic) bond motifs is 1. The maximum Gasteiger partial charge on any atom is 0.344 e. The summed E-state index contributed by atoms with van der Waals surface area (Å²) in [4.78, 5) is 26.2. The average Bonchev–Trinajstić information content (AvgIpc) is 2.90. The molecule has 0 aliphatic carbocycles. The fourth-order valence-corrected chi connectivity index (χ4v) is 5.26. The molecule has 0 saturated carbocycles. The van der Waals surface area contributed by atoms with E-state index in [0.717, 1.165) is 10.8 Å². The molecular formula is C25H26N2O7S. The van der Waals surface area contributed by atoms with Gasteiger partial charge in [0.2, 0.25) is 10.0 Å². The summed E-state index contributed by atoms with van der Waals surface area (Å²) in [5.41, 5.74) is 0. The number of para-hydroxylation sites is 2. The van der Waals surface area contributed by atoms with Crippen LogP contribution in [0.5, 0.6) is 11.5 Å². The van der Waals surface area contributed by atoms with Crippen LogP contribution in [0.1, 0.15) is 0 Å². The Hall–Kier alpha value is -3.63. The van der Waals surface area contributed by atoms with Crippen molar-refractivity contribution < 1.29 is 32.2 Å². The third-order valence-corrected chi connectivity index (χ3v) is 7.62. The standard InChI is InChI=1S/C25H26N2O7S/c1-32-22-8-4-5-9-23(22)33-18-25(29)34-17-24(28)26-12-14-27(15-13-26)35(30,31)21-11-10-19-6-2-3-7-20(19)16-21/h2-11,16H,12-15,17-18H2,1H3. The molecule has 0 atom stereocenters. The van der Waals surface area contributed by atoms with Crippen LogP contribution in [-0.4, -0.2) is 76.0 Å². The van der Waals surface area contributed by atoms with E-state index in [4.69, 9.17) is 14.2 Å². The smallest absolute Gasteiger partial charge is 0.344 e. The van der Waals surface area contributed by atoms with E-state index in [1.165, 1.54) is 16.3 Å². The van der Waals surface area contributed by atoms with Crippen molar-refractivity contribution in [2.75, 3.05) is 46.5 Å². The number of ether oxygens (including phenoxy) is 3. The Morgan fingerprint density at radius 3 is 2.20 bits per heavy atom. The lowest BCUT2D eigenvalue weighted by atomic mass is 10.1. The Balaban J connectivity index is 1.26. The molecule has 1 saturated heterocycles. The second-order valence-corrected chi connectivity index (χ2v) is 9.83. The van der Waals surface area contributed by atoms with Gasteiger partial charge in [-0.3, -0.25) is 4.79 Å². The molecule has 1 fully saturated rings. The molecule has 0 aromatic heterocycles. The molecule has 1 heterocycles. The SMILES string of the molecule is COc1ccccc1OCC(=O)OCC(=O)N1CCN(S(=O)(=O)c2ccc3ccccc3c2)CC1. The van der Waals surface area contributed by atoms with Crippen LogP contribution in [0.25, 0.3) is 10.8 Å². The number of benzene rings is 3. The molecule has 9 nitrogen and oxygen atoms in total. The Bertz CT molecular complexity index is 1320. The van der Waals surface area contributed by atoms with Gasteiger partial charge in [0.15, 0.2) is 24.7 Å². The molecule has 0 N–H and O–H groups in total. The van der Waals surface area contributed by atoms with Gasteiger partial charge in [-0.2, -0.15) is 4.31 Å². The van der Waals surface area contributed by atoms with E-state index in [2.05, 4.69) is 0 Å². The van der Waals surface area contributed by atoms with Crippen LogP contribution in [0.15, 0.2) is 71.6 Å². The van der Waals surface area contributed by atoms with Gasteiger partial charge in [0.05, 0.1) is 12.0 Å². The predicted octanol–water partition coefficient (Wildman–Crippen LogP) is 2.30. The van der Waals surface area contributed by atoms with Gasteiger partial charge >= 0.3 is 5.97 Å². The molecule has 184 valence electrons. The van der Waals surface area contributed by atoms with E-state index in [-0.39, 0.29) is 37.7 Å². The third kappa shape index (κ3) is 5.72. The maximum atomic E-state index is 13.1. The van der Waals surface area contributed by atoms with Crippen LogP contribution in [0.2, 0.25) is 0 Å². The van der Waals surface area contributed by atoms with Crippen molar-refractivity contribution >= 4 is 32.7 Å². The highest BCUT2D eigenvalue weighted by Gasteiger charge is 2.30. The number of rotatable bonds is 8. The van der Waals surface area contributed by atoms with Crippen LogP contribution >= 0.6 is 0 Å². The molecule has 0 unspecified atom stereocenters. The zero-order chi connectivity index (χ0) is 24.8. The summed E-state index contributed by atoms with van der Waals surface area (Å²) in [5, 5.41) is 1.81. The molecule has 0 spiro atoms. The second-order valence-electron chi connectivity index (χ2n) is 7.89. The number of amides is 1. The zero-order valence-electron chi connectivity index (χ0n) is 19.3. The highest BCUT2D eigenvalue weighted by atomic mass is 32.2. The van der Waals surface area contributed by atoms with Crippen molar-refractivity contribution in [1.82, 2.24) is 9.21 Å². The Morgan fingerprint density at radius 1 is 0.829 bits per heavy atom. The number of carbonyl (C=O) groups excluding carboxylic acids is 2. The van der Waals surface area contributed by atoms with Crippen LogP contribution in [0.3, 0.4) is 0 Å². The second kappa shape index (κ2) is 10.7. The van der Waals surface area contributed by atoms with Gasteiger partial charge in [0.1, 0.15) is 0 Å². The molecule has 10 heteroatoms. The lowest BCUT2D eigenvalue weighted by Gasteiger charge is -2.33. The summed E-state index contributed by atoms with van der Waals surface area (Å²) in [5.74, 6) is -0.213. The molecule has 0 bridgehead atoms. The van der Waals surface area contributed by atoms with E-state index in [0.29, 0.717) is 11.5 Å². The summed E-state index contributed by atoms with van der Waals surface area (Å²) in [6.07, 6.45) is 0. The van der Waals surface area contributed by atoms with Gasteiger partial charge in [0.25, 0.3) is 5.91 Å². The number of piperazine rings is 1. The van der Waals surface area contributed by atoms with Crippen LogP contribution in [0, 0.1) is 0 Å². The number of carbonyl (C=O) groups is 2. The van der Waals surface area contributed by atoms with Crippen molar-refractivity contribution in [3.63, 3.8) is 0 Å². The average molecular weight is 499 g/mol. The molecule has 1 amide bonds. The summed E-state index contributed by atoms with van der Waals surface area (Å²) in [7, 11) is -2.19. The first-order valence-corrected chi connectivity index (χ1v) is 12.5. The fraction of sp³-hybridized carbons (Fsp3) is 0.280. The maximum absolute atomic E-state index is 13.1. The lowest BCUT2D eigenvalue weighted by molar-refractivity contribution is -0.154. The monoisotopic (exact) mass is 498 g/mol. The van der Waals surface area contributed by atoms with E-state index >= 15 is 0 Å². The van der Waals surface area contributed by atoms with E-state index < -0.39 is 28.5 Å². The van der Waals surface area contributed by atoms with E-state index in [9.17, 15) is 18.0 Å². The Kier molecular flexibility index (Phi) is 7.52. The summed E-state index contributed by atoms with van der Waals surface area (Å²) in [6.45, 7) is -0.0731. The van der Waals surface area contributed by atoms with Crippen LogP contribution < -0.4 is 9.47 Å². The van der Waals surface area contributed by atoms with Gasteiger partial charge in [-0.15, -0.1) is 0 Å². The topological polar surface area (TPSA) is 102 Å². The van der Waals surface area contributed by atoms with Crippen LogP contribution in [-0.2, 0) is 24.3 Å². The van der Waals surface area contributed by atoms with E-state index in [1.807, 2.05) is 24.3 Å². The number of nitrogens with zero attached hydrogens (tertiary/aromatic N) is 2. The molecule has 35 heavy (non-hydrogen) atoms. The first-order chi connectivity index (χ1) is 16.9. The highest BCUT2D eigenvalue weighted by Crippen LogP contribution is 2.26. The van der Waals surface area contributed by atoms with Crippen molar-refractivity contribution in [2.24, 2.45) is 0 Å². The molecule has 1 aliphatic rings. The van der Waals surface area contributed by atoms with Crippen molar-refractivity contribution in [1.29, 1.82) is 0 Å². The van der Waals surface area contributed by atoms with Crippen molar-refractivity contribution in [3.05, 3.63) is 66.7 Å². The quantitative estimate of drug-likeness (QED) is 0.439. The first kappa shape index (κ1) is 24.5. The lowest BCUT2D eigenvalue weighted by Crippen LogP contribution is -2.51. The molecule has 0 radical (unpaired) electrons. The Labute approximate surface area is 203 Å². The molecule has 4 rings (SSSR count). The third-order valence-electron chi connectivity index (χ3n) is 5.72. The normalized spacial score (nSPS) is 14.5. The Morgan fingerprint density at radius 2 is 1.49 bits per heavy atom. The number of hydrogen-bond acceptors (Lipinski definition) is 7. The highest BCUT2D eigenvalue weighted by molar-refractivity contribution is 7.89. The molecule has 1 aliphatic heterocycles. The summed E-state index contributed by atoms with van der Waals surface area (Å²) >= 11 is 0. The van der Waals surface area contributed by atoms with Crippen LogP contribution in [0.4, 0.5) is 0 Å². The largest absolute Gasteiger partial charge is 0.493 e. The van der Waals surface area contributed by atoms with Crippen molar-refractivity contribution in [2.45, 2.75) is 4.90 Å². The number of esters is 1. The minimum atomic E-state index is -3.68.